The molecule has 0 saturated carbocycles. The van der Waals surface area contributed by atoms with Gasteiger partial charge in [0.25, 0.3) is 5.91 Å². The Bertz CT molecular complexity index is 1040. The van der Waals surface area contributed by atoms with E-state index in [1.165, 1.54) is 0 Å². The highest BCUT2D eigenvalue weighted by Crippen LogP contribution is 2.17. The third-order valence-corrected chi connectivity index (χ3v) is 3.78. The fraction of sp³-hybridized carbons (Fsp3) is 0.0556. The minimum atomic E-state index is -0.245. The Labute approximate surface area is 132 Å². The Morgan fingerprint density at radius 2 is 2.00 bits per heavy atom. The number of pyridine rings is 2. The van der Waals surface area contributed by atoms with Crippen LogP contribution in [0.25, 0.3) is 16.6 Å². The van der Waals surface area contributed by atoms with Crippen molar-refractivity contribution in [1.29, 1.82) is 0 Å². The maximum Gasteiger partial charge on any atom is 0.275 e. The van der Waals surface area contributed by atoms with Gasteiger partial charge in [0.05, 0.1) is 17.4 Å². The third-order valence-electron chi connectivity index (χ3n) is 3.78. The normalized spacial score (nSPS) is 11.0. The molecule has 5 nitrogen and oxygen atoms in total. The van der Waals surface area contributed by atoms with Gasteiger partial charge in [-0.15, -0.1) is 0 Å². The summed E-state index contributed by atoms with van der Waals surface area (Å²) in [6.45, 7) is 1.98. The Kier molecular flexibility index (Phi) is 3.05. The Morgan fingerprint density at radius 3 is 2.87 bits per heavy atom. The number of para-hydroxylation sites is 1. The number of aryl methyl sites for hydroxylation is 1. The lowest BCUT2D eigenvalue weighted by atomic mass is 10.2. The van der Waals surface area contributed by atoms with Crippen LogP contribution in [0.1, 0.15) is 16.2 Å². The molecule has 112 valence electrons. The zero-order valence-electron chi connectivity index (χ0n) is 12.5. The van der Waals surface area contributed by atoms with Crippen LogP contribution in [0.4, 0.5) is 5.69 Å². The van der Waals surface area contributed by atoms with Gasteiger partial charge >= 0.3 is 0 Å². The fourth-order valence-corrected chi connectivity index (χ4v) is 2.59. The Morgan fingerprint density at radius 1 is 1.13 bits per heavy atom. The van der Waals surface area contributed by atoms with E-state index in [0.717, 1.165) is 22.2 Å². The van der Waals surface area contributed by atoms with Crippen LogP contribution < -0.4 is 5.32 Å². The van der Waals surface area contributed by atoms with Crippen LogP contribution in [0, 0.1) is 6.92 Å². The van der Waals surface area contributed by atoms with Gasteiger partial charge < -0.3 is 9.72 Å². The Hall–Kier alpha value is -3.21. The first-order valence-corrected chi connectivity index (χ1v) is 7.31. The molecule has 0 unspecified atom stereocenters. The van der Waals surface area contributed by atoms with Gasteiger partial charge in [-0.2, -0.15) is 0 Å². The van der Waals surface area contributed by atoms with Crippen molar-refractivity contribution in [2.24, 2.45) is 0 Å². The van der Waals surface area contributed by atoms with E-state index in [1.54, 1.807) is 12.4 Å². The molecule has 0 aliphatic carbocycles. The molecule has 5 heteroatoms. The van der Waals surface area contributed by atoms with Crippen molar-refractivity contribution in [2.75, 3.05) is 5.32 Å². The van der Waals surface area contributed by atoms with E-state index in [1.807, 2.05) is 59.9 Å². The molecule has 0 aliphatic rings. The van der Waals surface area contributed by atoms with E-state index in [9.17, 15) is 4.79 Å². The van der Waals surface area contributed by atoms with E-state index < -0.39 is 0 Å². The number of hydrogen-bond donors (Lipinski definition) is 1. The zero-order chi connectivity index (χ0) is 15.8. The van der Waals surface area contributed by atoms with Crippen LogP contribution in [0.5, 0.6) is 0 Å². The number of hydrogen-bond acceptors (Lipinski definition) is 3. The molecule has 4 rings (SSSR count). The lowest BCUT2D eigenvalue weighted by Crippen LogP contribution is -2.12. The average molecular weight is 302 g/mol. The molecule has 0 bridgehead atoms. The number of amides is 1. The third kappa shape index (κ3) is 2.42. The van der Waals surface area contributed by atoms with Crippen molar-refractivity contribution >= 4 is 28.1 Å². The zero-order valence-corrected chi connectivity index (χ0v) is 12.5. The lowest BCUT2D eigenvalue weighted by molar-refractivity contribution is 0.102. The van der Waals surface area contributed by atoms with Gasteiger partial charge in [-0.05, 0) is 31.2 Å². The summed E-state index contributed by atoms with van der Waals surface area (Å²) in [7, 11) is 0. The van der Waals surface area contributed by atoms with E-state index in [0.29, 0.717) is 11.4 Å². The second-order valence-corrected chi connectivity index (χ2v) is 5.39. The van der Waals surface area contributed by atoms with Crippen molar-refractivity contribution in [3.05, 3.63) is 72.3 Å². The second kappa shape index (κ2) is 5.21. The van der Waals surface area contributed by atoms with Crippen LogP contribution in [0.2, 0.25) is 0 Å². The molecule has 4 aromatic rings. The molecular formula is C18H14N4O. The quantitative estimate of drug-likeness (QED) is 0.617. The maximum atomic E-state index is 12.4. The molecular weight excluding hydrogens is 288 g/mol. The molecule has 0 fully saturated rings. The van der Waals surface area contributed by atoms with Crippen molar-refractivity contribution in [1.82, 2.24) is 14.4 Å². The SMILES string of the molecule is Cc1cccc2nc(C(=O)Nc3cnc4ccccc4c3)cn12. The highest BCUT2D eigenvalue weighted by Gasteiger charge is 2.12. The summed E-state index contributed by atoms with van der Waals surface area (Å²) in [6, 6.07) is 15.5. The minimum absolute atomic E-state index is 0.245. The number of anilines is 1. The van der Waals surface area contributed by atoms with Crippen molar-refractivity contribution in [3.63, 3.8) is 0 Å². The number of imidazole rings is 1. The number of nitrogens with one attached hydrogen (secondary N) is 1. The van der Waals surface area contributed by atoms with E-state index >= 15 is 0 Å². The first kappa shape index (κ1) is 13.5. The lowest BCUT2D eigenvalue weighted by Gasteiger charge is -2.04. The van der Waals surface area contributed by atoms with Gasteiger partial charge in [-0.1, -0.05) is 24.3 Å². The second-order valence-electron chi connectivity index (χ2n) is 5.39. The number of fused-ring (bicyclic) bond motifs is 2. The predicted octanol–water partition coefficient (Wildman–Crippen LogP) is 3.44. The number of nitrogens with zero attached hydrogens (tertiary/aromatic N) is 3. The summed E-state index contributed by atoms with van der Waals surface area (Å²) in [6.07, 6.45) is 3.40. The highest BCUT2D eigenvalue weighted by atomic mass is 16.1. The maximum absolute atomic E-state index is 12.4. The molecule has 3 aromatic heterocycles. The largest absolute Gasteiger partial charge is 0.319 e. The van der Waals surface area contributed by atoms with Crippen LogP contribution in [0.15, 0.2) is 60.9 Å². The predicted molar refractivity (Wildman–Crippen MR) is 89.6 cm³/mol. The molecule has 0 radical (unpaired) electrons. The van der Waals surface area contributed by atoms with Crippen LogP contribution in [-0.2, 0) is 0 Å². The van der Waals surface area contributed by atoms with Crippen molar-refractivity contribution < 1.29 is 4.79 Å². The Balaban J connectivity index is 1.66. The first-order valence-electron chi connectivity index (χ1n) is 7.31. The summed E-state index contributed by atoms with van der Waals surface area (Å²) >= 11 is 0. The van der Waals surface area contributed by atoms with Crippen LogP contribution >= 0.6 is 0 Å². The molecule has 0 spiro atoms. The summed E-state index contributed by atoms with van der Waals surface area (Å²) < 4.78 is 1.90. The standard InChI is InChI=1S/C18H14N4O/c1-12-5-4-8-17-21-16(11-22(12)17)18(23)20-14-9-13-6-2-3-7-15(13)19-10-14/h2-11H,1H3,(H,20,23). The number of carbonyl (C=O) groups is 1. The topological polar surface area (TPSA) is 59.3 Å². The molecule has 1 amide bonds. The molecule has 0 aliphatic heterocycles. The fourth-order valence-electron chi connectivity index (χ4n) is 2.59. The summed E-state index contributed by atoms with van der Waals surface area (Å²) in [5.74, 6) is -0.245. The monoisotopic (exact) mass is 302 g/mol. The first-order chi connectivity index (χ1) is 11.2. The van der Waals surface area contributed by atoms with Gasteiger partial charge in [0.2, 0.25) is 0 Å². The summed E-state index contributed by atoms with van der Waals surface area (Å²) in [5.41, 5.74) is 3.72. The molecule has 23 heavy (non-hydrogen) atoms. The molecule has 3 heterocycles. The van der Waals surface area contributed by atoms with Gasteiger partial charge in [0, 0.05) is 17.3 Å². The van der Waals surface area contributed by atoms with Gasteiger partial charge in [-0.25, -0.2) is 4.98 Å². The van der Waals surface area contributed by atoms with Crippen LogP contribution in [0.3, 0.4) is 0 Å². The van der Waals surface area contributed by atoms with E-state index in [4.69, 9.17) is 0 Å². The molecule has 0 atom stereocenters. The van der Waals surface area contributed by atoms with E-state index in [2.05, 4.69) is 15.3 Å². The average Bonchev–Trinajstić information content (AvgIpc) is 3.01. The van der Waals surface area contributed by atoms with Crippen molar-refractivity contribution in [3.8, 4) is 0 Å². The minimum Gasteiger partial charge on any atom is -0.319 e. The smallest absolute Gasteiger partial charge is 0.275 e. The van der Waals surface area contributed by atoms with Crippen molar-refractivity contribution in [2.45, 2.75) is 6.92 Å². The van der Waals surface area contributed by atoms with Crippen LogP contribution in [-0.4, -0.2) is 20.3 Å². The van der Waals surface area contributed by atoms with Gasteiger partial charge in [0.15, 0.2) is 0 Å². The summed E-state index contributed by atoms with van der Waals surface area (Å²) in [4.78, 5) is 21.1. The number of carbonyl (C=O) groups excluding carboxylic acids is 1. The number of aromatic nitrogens is 3. The van der Waals surface area contributed by atoms with Gasteiger partial charge in [0.1, 0.15) is 11.3 Å². The molecule has 0 saturated heterocycles. The summed E-state index contributed by atoms with van der Waals surface area (Å²) in [5, 5.41) is 3.84. The van der Waals surface area contributed by atoms with E-state index in [-0.39, 0.29) is 5.91 Å². The van der Waals surface area contributed by atoms with Gasteiger partial charge in [-0.3, -0.25) is 9.78 Å². The highest BCUT2D eigenvalue weighted by molar-refractivity contribution is 6.03. The molecule has 1 N–H and O–H groups in total. The number of benzene rings is 1. The number of rotatable bonds is 2. The molecule has 1 aromatic carbocycles.